The molecule has 5 aromatic carbocycles. The van der Waals surface area contributed by atoms with E-state index >= 15 is 0 Å². The third kappa shape index (κ3) is 3.26. The minimum atomic E-state index is 0.753. The van der Waals surface area contributed by atoms with E-state index in [4.69, 9.17) is 8.83 Å². The van der Waals surface area contributed by atoms with Crippen LogP contribution in [0.3, 0.4) is 0 Å². The molecule has 0 radical (unpaired) electrons. The van der Waals surface area contributed by atoms with Gasteiger partial charge in [-0.3, -0.25) is 4.98 Å². The van der Waals surface area contributed by atoms with Gasteiger partial charge in [0.05, 0.1) is 22.4 Å². The predicted molar refractivity (Wildman–Crippen MR) is 169 cm³/mol. The van der Waals surface area contributed by atoms with Crippen molar-refractivity contribution in [2.75, 3.05) is 16.8 Å². The Morgan fingerprint density at radius 1 is 0.683 bits per heavy atom. The summed E-state index contributed by atoms with van der Waals surface area (Å²) < 4.78 is 12.8. The molecule has 5 heteroatoms. The van der Waals surface area contributed by atoms with Crippen LogP contribution in [0.25, 0.3) is 60.7 Å². The van der Waals surface area contributed by atoms with Gasteiger partial charge in [0, 0.05) is 23.8 Å². The molecule has 41 heavy (non-hydrogen) atoms. The molecular formula is C36H23N3O2. The lowest BCUT2D eigenvalue weighted by Crippen LogP contribution is -2.11. The molecule has 0 unspecified atom stereocenters. The van der Waals surface area contributed by atoms with Crippen molar-refractivity contribution >= 4 is 83.4 Å². The van der Waals surface area contributed by atoms with Crippen LogP contribution in [0.15, 0.2) is 124 Å². The minimum Gasteiger partial charge on any atom is -0.454 e. The van der Waals surface area contributed by atoms with Gasteiger partial charge in [-0.1, -0.05) is 60.7 Å². The fourth-order valence-electron chi connectivity index (χ4n) is 6.27. The molecule has 3 aromatic heterocycles. The highest BCUT2D eigenvalue weighted by atomic mass is 16.3. The number of benzene rings is 5. The van der Waals surface area contributed by atoms with Gasteiger partial charge in [0.15, 0.2) is 16.9 Å². The average molecular weight is 530 g/mol. The normalized spacial score (nSPS) is 12.9. The quantitative estimate of drug-likeness (QED) is 0.231. The zero-order valence-corrected chi connectivity index (χ0v) is 22.0. The monoisotopic (exact) mass is 529 g/mol. The first kappa shape index (κ1) is 22.3. The van der Waals surface area contributed by atoms with Crippen LogP contribution in [-0.2, 0) is 0 Å². The van der Waals surface area contributed by atoms with Crippen molar-refractivity contribution in [3.63, 3.8) is 0 Å². The Labute approximate surface area is 234 Å². The van der Waals surface area contributed by atoms with Crippen molar-refractivity contribution in [3.05, 3.63) is 121 Å². The van der Waals surface area contributed by atoms with E-state index in [0.29, 0.717) is 0 Å². The topological polar surface area (TPSA) is 54.4 Å². The lowest BCUT2D eigenvalue weighted by Gasteiger charge is -2.27. The Bertz CT molecular complexity index is 2340. The van der Waals surface area contributed by atoms with Crippen LogP contribution >= 0.6 is 0 Å². The van der Waals surface area contributed by atoms with Gasteiger partial charge in [0.2, 0.25) is 0 Å². The summed E-state index contributed by atoms with van der Waals surface area (Å²) in [5.74, 6) is 0.842. The van der Waals surface area contributed by atoms with Crippen molar-refractivity contribution in [1.29, 1.82) is 0 Å². The summed E-state index contributed by atoms with van der Waals surface area (Å²) in [4.78, 5) is 6.94. The van der Waals surface area contributed by atoms with E-state index in [0.717, 1.165) is 68.1 Å². The zero-order chi connectivity index (χ0) is 26.9. The lowest BCUT2D eigenvalue weighted by molar-refractivity contribution is 0.604. The highest BCUT2D eigenvalue weighted by molar-refractivity contribution is 6.14. The Morgan fingerprint density at radius 3 is 2.46 bits per heavy atom. The molecule has 0 atom stereocenters. The van der Waals surface area contributed by atoms with Crippen LogP contribution in [0.4, 0.5) is 22.7 Å². The van der Waals surface area contributed by atoms with Crippen molar-refractivity contribution < 1.29 is 8.83 Å². The van der Waals surface area contributed by atoms with Crippen LogP contribution in [-0.4, -0.2) is 11.5 Å². The molecular weight excluding hydrogens is 506 g/mol. The predicted octanol–water partition coefficient (Wildman–Crippen LogP) is 9.94. The Balaban J connectivity index is 1.39. The lowest BCUT2D eigenvalue weighted by atomic mass is 10.0. The summed E-state index contributed by atoms with van der Waals surface area (Å²) in [7, 11) is 0. The third-order valence-corrected chi connectivity index (χ3v) is 8.09. The Hall–Kier alpha value is -5.55. The van der Waals surface area contributed by atoms with Gasteiger partial charge in [-0.2, -0.15) is 0 Å². The van der Waals surface area contributed by atoms with Crippen LogP contribution in [0.2, 0.25) is 0 Å². The number of pyridine rings is 1. The maximum absolute atomic E-state index is 6.52. The van der Waals surface area contributed by atoms with Crippen LogP contribution in [0.1, 0.15) is 5.76 Å². The van der Waals surface area contributed by atoms with Crippen molar-refractivity contribution in [3.8, 4) is 0 Å². The molecule has 1 aliphatic heterocycles. The van der Waals surface area contributed by atoms with E-state index in [1.807, 2.05) is 30.5 Å². The number of hydrogen-bond donors (Lipinski definition) is 1. The number of nitrogens with zero attached hydrogens (tertiary/aromatic N) is 2. The number of fused-ring (bicyclic) bond motifs is 9. The van der Waals surface area contributed by atoms with Crippen molar-refractivity contribution in [2.24, 2.45) is 0 Å². The van der Waals surface area contributed by atoms with E-state index < -0.39 is 0 Å². The van der Waals surface area contributed by atoms with E-state index in [1.165, 1.54) is 21.5 Å². The number of para-hydroxylation sites is 1. The van der Waals surface area contributed by atoms with Crippen LogP contribution in [0, 0.1) is 0 Å². The summed E-state index contributed by atoms with van der Waals surface area (Å²) in [5.41, 5.74) is 7.24. The maximum atomic E-state index is 6.52. The standard InChI is InChI=1S/C36H23N3O2/c1-2-8-25-22(7-1)15-16-23-17-18-24(21-27(23)25)39(28-10-4-12-30-33(28)35-32(40-30)14-6-20-38-35)29-11-3-9-26-34-31(41-36(26)29)13-5-19-37-34/h1-19,21,38H,20H2. The molecule has 4 heterocycles. The van der Waals surface area contributed by atoms with E-state index in [9.17, 15) is 0 Å². The van der Waals surface area contributed by atoms with Crippen molar-refractivity contribution in [2.45, 2.75) is 0 Å². The molecule has 0 saturated heterocycles. The molecule has 5 nitrogen and oxygen atoms in total. The van der Waals surface area contributed by atoms with Gasteiger partial charge < -0.3 is 19.1 Å². The van der Waals surface area contributed by atoms with Gasteiger partial charge in [-0.15, -0.1) is 0 Å². The van der Waals surface area contributed by atoms with E-state index in [2.05, 4.69) is 106 Å². The SMILES string of the molecule is C1=Cc2oc3cccc(N(c4ccc5ccc6ccccc6c5c4)c4cccc5c4oc4cccnc45)c3c2NC1. The highest BCUT2D eigenvalue weighted by Crippen LogP contribution is 2.48. The molecule has 0 bridgehead atoms. The first-order valence-corrected chi connectivity index (χ1v) is 13.8. The van der Waals surface area contributed by atoms with Gasteiger partial charge in [-0.25, -0.2) is 0 Å². The second kappa shape index (κ2) is 8.47. The summed E-state index contributed by atoms with van der Waals surface area (Å²) >= 11 is 0. The molecule has 0 saturated carbocycles. The van der Waals surface area contributed by atoms with Crippen LogP contribution < -0.4 is 10.2 Å². The Morgan fingerprint density at radius 2 is 1.49 bits per heavy atom. The van der Waals surface area contributed by atoms with Gasteiger partial charge >= 0.3 is 0 Å². The average Bonchev–Trinajstić information content (AvgIpc) is 3.61. The number of nitrogens with one attached hydrogen (secondary N) is 1. The smallest absolute Gasteiger partial charge is 0.161 e. The molecule has 9 rings (SSSR count). The van der Waals surface area contributed by atoms with Crippen LogP contribution in [0.5, 0.6) is 0 Å². The molecule has 8 aromatic rings. The third-order valence-electron chi connectivity index (χ3n) is 8.09. The fourth-order valence-corrected chi connectivity index (χ4v) is 6.27. The zero-order valence-electron chi connectivity index (χ0n) is 22.0. The first-order chi connectivity index (χ1) is 20.3. The van der Waals surface area contributed by atoms with Gasteiger partial charge in [0.25, 0.3) is 0 Å². The minimum absolute atomic E-state index is 0.753. The molecule has 0 amide bonds. The maximum Gasteiger partial charge on any atom is 0.161 e. The number of hydrogen-bond acceptors (Lipinski definition) is 5. The number of rotatable bonds is 3. The summed E-state index contributed by atoms with van der Waals surface area (Å²) in [5, 5.41) is 10.4. The number of furan rings is 2. The summed E-state index contributed by atoms with van der Waals surface area (Å²) in [6, 6.07) is 36.0. The first-order valence-electron chi connectivity index (χ1n) is 13.8. The molecule has 0 spiro atoms. The molecule has 0 fully saturated rings. The van der Waals surface area contributed by atoms with E-state index in [1.54, 1.807) is 0 Å². The summed E-state index contributed by atoms with van der Waals surface area (Å²) in [6.07, 6.45) is 5.94. The number of aromatic nitrogens is 1. The number of anilines is 4. The molecule has 1 aliphatic rings. The molecule has 1 N–H and O–H groups in total. The van der Waals surface area contributed by atoms with Gasteiger partial charge in [-0.05, 0) is 76.2 Å². The molecule has 0 aliphatic carbocycles. The fraction of sp³-hybridized carbons (Fsp3) is 0.0278. The van der Waals surface area contributed by atoms with Crippen molar-refractivity contribution in [1.82, 2.24) is 4.98 Å². The second-order valence-electron chi connectivity index (χ2n) is 10.4. The van der Waals surface area contributed by atoms with Gasteiger partial charge in [0.1, 0.15) is 11.1 Å². The van der Waals surface area contributed by atoms with E-state index in [-0.39, 0.29) is 0 Å². The molecule has 194 valence electrons. The summed E-state index contributed by atoms with van der Waals surface area (Å²) in [6.45, 7) is 0.753. The largest absolute Gasteiger partial charge is 0.454 e. The Kier molecular flexibility index (Phi) is 4.61. The highest BCUT2D eigenvalue weighted by Gasteiger charge is 2.25. The second-order valence-corrected chi connectivity index (χ2v) is 10.4.